The largest absolute Gasteiger partial charge is 0.309 e. The first-order valence-corrected chi connectivity index (χ1v) is 14.7. The third-order valence-corrected chi connectivity index (χ3v) is 8.96. The maximum atomic E-state index is 4.79. The number of hydrogen-bond donors (Lipinski definition) is 0. The van der Waals surface area contributed by atoms with E-state index in [9.17, 15) is 0 Å². The molecule has 3 nitrogen and oxygen atoms in total. The molecule has 0 N–H and O–H groups in total. The Bertz CT molecular complexity index is 2520. The van der Waals surface area contributed by atoms with Crippen LogP contribution in [-0.4, -0.2) is 15.3 Å². The van der Waals surface area contributed by atoms with Crippen molar-refractivity contribution in [2.24, 2.45) is 4.99 Å². The van der Waals surface area contributed by atoms with Crippen LogP contribution in [-0.2, 0) is 0 Å². The number of allylic oxidation sites excluding steroid dienone is 2. The van der Waals surface area contributed by atoms with Crippen molar-refractivity contribution in [1.82, 2.24) is 9.13 Å². The van der Waals surface area contributed by atoms with Gasteiger partial charge in [0.1, 0.15) is 5.82 Å². The van der Waals surface area contributed by atoms with Crippen LogP contribution < -0.4 is 0 Å². The molecule has 1 aliphatic carbocycles. The Balaban J connectivity index is 1.51. The Morgan fingerprint density at radius 2 is 1.33 bits per heavy atom. The van der Waals surface area contributed by atoms with Crippen molar-refractivity contribution in [1.29, 1.82) is 0 Å². The van der Waals surface area contributed by atoms with Crippen LogP contribution >= 0.6 is 0 Å². The van der Waals surface area contributed by atoms with Crippen molar-refractivity contribution in [2.75, 3.05) is 0 Å². The van der Waals surface area contributed by atoms with Gasteiger partial charge in [0.15, 0.2) is 0 Å². The molecule has 6 aromatic carbocycles. The molecular formula is C40H27N3. The first-order valence-electron chi connectivity index (χ1n) is 14.7. The molecule has 43 heavy (non-hydrogen) atoms. The summed E-state index contributed by atoms with van der Waals surface area (Å²) in [4.78, 5) is 4.79. The third kappa shape index (κ3) is 3.16. The molecule has 2 aromatic heterocycles. The molecule has 9 rings (SSSR count). The van der Waals surface area contributed by atoms with Gasteiger partial charge in [-0.3, -0.25) is 4.57 Å². The molecule has 0 radical (unpaired) electrons. The van der Waals surface area contributed by atoms with E-state index in [-0.39, 0.29) is 0 Å². The number of rotatable bonds is 4. The van der Waals surface area contributed by atoms with E-state index in [1.807, 2.05) is 25.3 Å². The highest BCUT2D eigenvalue weighted by molar-refractivity contribution is 6.31. The molecule has 8 aromatic rings. The predicted molar refractivity (Wildman–Crippen MR) is 184 cm³/mol. The van der Waals surface area contributed by atoms with Crippen LogP contribution in [0.4, 0.5) is 0 Å². The third-order valence-electron chi connectivity index (χ3n) is 8.96. The topological polar surface area (TPSA) is 22.2 Å². The average molecular weight is 550 g/mol. The summed E-state index contributed by atoms with van der Waals surface area (Å²) in [5, 5.41) is 7.60. The second kappa shape index (κ2) is 8.91. The van der Waals surface area contributed by atoms with E-state index < -0.39 is 0 Å². The van der Waals surface area contributed by atoms with Crippen LogP contribution in [0.25, 0.3) is 88.1 Å². The summed E-state index contributed by atoms with van der Waals surface area (Å²) < 4.78 is 4.70. The van der Waals surface area contributed by atoms with Gasteiger partial charge in [0, 0.05) is 33.4 Å². The van der Waals surface area contributed by atoms with Crippen LogP contribution in [0.5, 0.6) is 0 Å². The number of nitrogens with zero attached hydrogens (tertiary/aromatic N) is 3. The van der Waals surface area contributed by atoms with E-state index in [0.717, 1.165) is 22.5 Å². The van der Waals surface area contributed by atoms with Gasteiger partial charge in [0.05, 0.1) is 22.1 Å². The van der Waals surface area contributed by atoms with Gasteiger partial charge in [0.2, 0.25) is 0 Å². The van der Waals surface area contributed by atoms with E-state index in [4.69, 9.17) is 4.99 Å². The van der Waals surface area contributed by atoms with Gasteiger partial charge in [-0.25, -0.2) is 4.99 Å². The highest BCUT2D eigenvalue weighted by atomic mass is 15.1. The second-order valence-corrected chi connectivity index (χ2v) is 11.1. The first-order chi connectivity index (χ1) is 21.3. The molecule has 3 heteroatoms. The van der Waals surface area contributed by atoms with Gasteiger partial charge in [-0.05, 0) is 88.5 Å². The maximum Gasteiger partial charge on any atom is 0.137 e. The Labute approximate surface area is 248 Å². The van der Waals surface area contributed by atoms with Crippen molar-refractivity contribution in [3.63, 3.8) is 0 Å². The van der Waals surface area contributed by atoms with E-state index in [1.165, 1.54) is 65.6 Å². The summed E-state index contributed by atoms with van der Waals surface area (Å²) in [7, 11) is 0. The number of para-hydroxylation sites is 2. The summed E-state index contributed by atoms with van der Waals surface area (Å²) in [6, 6.07) is 42.2. The lowest BCUT2D eigenvalue weighted by atomic mass is 9.91. The van der Waals surface area contributed by atoms with Crippen molar-refractivity contribution in [3.8, 4) is 27.9 Å². The zero-order valence-electron chi connectivity index (χ0n) is 23.8. The predicted octanol–water partition coefficient (Wildman–Crippen LogP) is 10.8. The highest BCUT2D eigenvalue weighted by Gasteiger charge is 2.26. The Morgan fingerprint density at radius 3 is 2.16 bits per heavy atom. The van der Waals surface area contributed by atoms with Gasteiger partial charge in [-0.1, -0.05) is 85.5 Å². The minimum atomic E-state index is 0.854. The van der Waals surface area contributed by atoms with Crippen LogP contribution in [0.15, 0.2) is 139 Å². The van der Waals surface area contributed by atoms with Gasteiger partial charge in [0.25, 0.3) is 0 Å². The number of benzene rings is 6. The summed E-state index contributed by atoms with van der Waals surface area (Å²) >= 11 is 0. The van der Waals surface area contributed by atoms with Crippen molar-refractivity contribution < 1.29 is 0 Å². The molecule has 0 unspecified atom stereocenters. The number of aliphatic imine (C=N–C) groups is 1. The molecule has 0 fully saturated rings. The number of fused-ring (bicyclic) bond motifs is 6. The fourth-order valence-electron chi connectivity index (χ4n) is 7.35. The van der Waals surface area contributed by atoms with Crippen molar-refractivity contribution in [2.45, 2.75) is 6.92 Å². The average Bonchev–Trinajstić information content (AvgIpc) is 3.52. The smallest absolute Gasteiger partial charge is 0.137 e. The van der Waals surface area contributed by atoms with E-state index in [2.05, 4.69) is 131 Å². The lowest BCUT2D eigenvalue weighted by molar-refractivity contribution is 1.18. The molecule has 202 valence electrons. The van der Waals surface area contributed by atoms with Crippen LogP contribution in [0.3, 0.4) is 0 Å². The molecule has 0 aliphatic heterocycles. The molecule has 0 bridgehead atoms. The number of hydrogen-bond acceptors (Lipinski definition) is 1. The summed E-state index contributed by atoms with van der Waals surface area (Å²) in [6.07, 6.45) is 5.66. The quantitative estimate of drug-likeness (QED) is 0.154. The Kier molecular flexibility index (Phi) is 4.97. The van der Waals surface area contributed by atoms with E-state index in [0.29, 0.717) is 0 Å². The fourth-order valence-corrected chi connectivity index (χ4v) is 7.35. The maximum absolute atomic E-state index is 4.79. The lowest BCUT2D eigenvalue weighted by Crippen LogP contribution is -1.96. The molecule has 0 atom stereocenters. The Morgan fingerprint density at radius 1 is 0.605 bits per heavy atom. The molecule has 0 spiro atoms. The van der Waals surface area contributed by atoms with Gasteiger partial charge in [-0.2, -0.15) is 0 Å². The summed E-state index contributed by atoms with van der Waals surface area (Å²) in [6.45, 7) is 5.95. The van der Waals surface area contributed by atoms with Crippen LogP contribution in [0.1, 0.15) is 6.92 Å². The van der Waals surface area contributed by atoms with Crippen molar-refractivity contribution >= 4 is 66.4 Å². The van der Waals surface area contributed by atoms with E-state index in [1.54, 1.807) is 0 Å². The summed E-state index contributed by atoms with van der Waals surface area (Å²) in [5.41, 5.74) is 10.9. The van der Waals surface area contributed by atoms with Gasteiger partial charge in [-0.15, -0.1) is 0 Å². The minimum Gasteiger partial charge on any atom is -0.309 e. The molecule has 0 amide bonds. The molecule has 0 saturated carbocycles. The van der Waals surface area contributed by atoms with Crippen LogP contribution in [0, 0.1) is 0 Å². The molecule has 1 aliphatic rings. The first kappa shape index (κ1) is 24.0. The molecular weight excluding hydrogens is 522 g/mol. The fraction of sp³-hybridized carbons (Fsp3) is 0.0250. The Hall–Kier alpha value is -5.67. The van der Waals surface area contributed by atoms with Crippen LogP contribution in [0.2, 0.25) is 0 Å². The highest BCUT2D eigenvalue weighted by Crippen LogP contribution is 2.51. The lowest BCUT2D eigenvalue weighted by Gasteiger charge is -2.15. The van der Waals surface area contributed by atoms with Gasteiger partial charge < -0.3 is 4.57 Å². The number of aromatic nitrogens is 2. The standard InChI is InChI=1S/C40H27N3/c1-3-12-37(41-4-2)43-34-20-11-18-29-31-24-36-32(27-16-8-9-19-33(27)42(36)26-14-6-5-7-15-26)23-30(31)28-17-10-13-25-21-22-35(43)40(38(25)28)39(29)34/h3-24H,1H2,2H3/b37-12+,41-4-. The normalized spacial score (nSPS) is 12.9. The monoisotopic (exact) mass is 549 g/mol. The zero-order valence-corrected chi connectivity index (χ0v) is 23.8. The molecule has 2 heterocycles. The molecule has 0 saturated heterocycles. The second-order valence-electron chi connectivity index (χ2n) is 11.1. The van der Waals surface area contributed by atoms with E-state index >= 15 is 0 Å². The van der Waals surface area contributed by atoms with Crippen molar-refractivity contribution in [3.05, 3.63) is 134 Å². The SMILES string of the molecule is C=C/C=C(\N=C/C)n1c2cccc3c2c2c4c(cccc4ccc21)-c1cc2c4ccccc4n(-c4ccccc4)c2cc1-3. The zero-order chi connectivity index (χ0) is 28.7. The minimum absolute atomic E-state index is 0.854. The van der Waals surface area contributed by atoms with Gasteiger partial charge >= 0.3 is 0 Å². The summed E-state index contributed by atoms with van der Waals surface area (Å²) in [5.74, 6) is 0.854.